The van der Waals surface area contributed by atoms with E-state index in [-0.39, 0.29) is 10.8 Å². The Morgan fingerprint density at radius 1 is 0.895 bits per heavy atom. The van der Waals surface area contributed by atoms with Gasteiger partial charge in [-0.05, 0) is 73.5 Å². The molecule has 7 fully saturated rings. The first-order valence-corrected chi connectivity index (χ1v) is 8.12. The second-order valence-electron chi connectivity index (χ2n) is 8.32. The predicted octanol–water partition coefficient (Wildman–Crippen LogP) is 3.58. The molecule has 0 aromatic heterocycles. The van der Waals surface area contributed by atoms with Crippen LogP contribution in [-0.4, -0.2) is 0 Å². The van der Waals surface area contributed by atoms with E-state index in [9.17, 15) is 0 Å². The van der Waals surface area contributed by atoms with Gasteiger partial charge >= 0.3 is 0 Å². The number of hydrogen-bond acceptors (Lipinski definition) is 0. The molecule has 8 bridgehead atoms. The van der Waals surface area contributed by atoms with Crippen molar-refractivity contribution in [2.45, 2.75) is 39.0 Å². The van der Waals surface area contributed by atoms with E-state index in [1.54, 1.807) is 0 Å². The van der Waals surface area contributed by atoms with Gasteiger partial charge in [0.25, 0.3) is 0 Å². The first-order valence-electron chi connectivity index (χ1n) is 8.12. The van der Waals surface area contributed by atoms with Crippen LogP contribution in [0.3, 0.4) is 0 Å². The van der Waals surface area contributed by atoms with Crippen molar-refractivity contribution < 1.29 is 0 Å². The Kier molecular flexibility index (Phi) is 1.66. The molecule has 9 unspecified atom stereocenters. The lowest BCUT2D eigenvalue weighted by atomic mass is 9.25. The predicted molar refractivity (Wildman–Crippen MR) is 75.7 cm³/mol. The summed E-state index contributed by atoms with van der Waals surface area (Å²) in [5, 5.41) is 0. The molecule has 0 spiro atoms. The van der Waals surface area contributed by atoms with Gasteiger partial charge in [-0.3, -0.25) is 0 Å². The van der Waals surface area contributed by atoms with E-state index in [1.807, 2.05) is 0 Å². The minimum absolute atomic E-state index is 0.243. The van der Waals surface area contributed by atoms with Crippen molar-refractivity contribution in [1.29, 1.82) is 0 Å². The summed E-state index contributed by atoms with van der Waals surface area (Å²) in [5.41, 5.74) is 0.495. The first-order chi connectivity index (χ1) is 9.16. The van der Waals surface area contributed by atoms with E-state index in [4.69, 9.17) is 12.8 Å². The third-order valence-corrected chi connectivity index (χ3v) is 8.30. The highest BCUT2D eigenvalue weighted by molar-refractivity contribution is 5.34. The summed E-state index contributed by atoms with van der Waals surface area (Å²) >= 11 is 0. The quantitative estimate of drug-likeness (QED) is 0.576. The first kappa shape index (κ1) is 10.9. The van der Waals surface area contributed by atoms with Crippen LogP contribution in [0.25, 0.3) is 0 Å². The van der Waals surface area contributed by atoms with Crippen molar-refractivity contribution in [3.8, 4) is 24.7 Å². The molecule has 0 radical (unpaired) electrons. The molecular weight excluding hydrogens is 228 g/mol. The van der Waals surface area contributed by atoms with Crippen molar-refractivity contribution in [1.82, 2.24) is 0 Å². The van der Waals surface area contributed by atoms with E-state index in [2.05, 4.69) is 18.8 Å². The second-order valence-corrected chi connectivity index (χ2v) is 8.32. The monoisotopic (exact) mass is 250 g/mol. The summed E-state index contributed by atoms with van der Waals surface area (Å²) in [4.78, 5) is 0. The highest BCUT2D eigenvalue weighted by Gasteiger charge is 2.76. The van der Waals surface area contributed by atoms with Gasteiger partial charge in [-0.1, -0.05) is 18.8 Å². The van der Waals surface area contributed by atoms with Crippen molar-refractivity contribution in [2.24, 2.45) is 52.3 Å². The molecule has 0 heterocycles. The normalized spacial score (nSPS) is 67.0. The van der Waals surface area contributed by atoms with Gasteiger partial charge in [-0.15, -0.1) is 12.8 Å². The number of hydrogen-bond donors (Lipinski definition) is 0. The maximum absolute atomic E-state index is 6.12. The van der Waals surface area contributed by atoms with Crippen LogP contribution in [0.2, 0.25) is 0 Å². The van der Waals surface area contributed by atoms with Gasteiger partial charge in [-0.2, -0.15) is 0 Å². The average Bonchev–Trinajstić information content (AvgIpc) is 2.44. The second kappa shape index (κ2) is 2.91. The molecule has 0 aliphatic heterocycles. The van der Waals surface area contributed by atoms with E-state index >= 15 is 0 Å². The van der Waals surface area contributed by atoms with Crippen LogP contribution >= 0.6 is 0 Å². The topological polar surface area (TPSA) is 0 Å². The van der Waals surface area contributed by atoms with Crippen LogP contribution in [0.1, 0.15) is 39.0 Å². The molecule has 19 heavy (non-hydrogen) atoms. The van der Waals surface area contributed by atoms with Gasteiger partial charge in [0, 0.05) is 10.8 Å². The molecular formula is C19H22. The summed E-state index contributed by atoms with van der Waals surface area (Å²) in [6.07, 6.45) is 19.0. The average molecular weight is 250 g/mol. The minimum atomic E-state index is 0.243. The van der Waals surface area contributed by atoms with Gasteiger partial charge < -0.3 is 0 Å². The molecule has 7 aliphatic rings. The Morgan fingerprint density at radius 3 is 2.32 bits per heavy atom. The molecule has 7 rings (SSSR count). The number of rotatable bonds is 0. The van der Waals surface area contributed by atoms with Crippen molar-refractivity contribution in [3.05, 3.63) is 0 Å². The van der Waals surface area contributed by atoms with Crippen LogP contribution in [0, 0.1) is 76.9 Å². The summed E-state index contributed by atoms with van der Waals surface area (Å²) in [6, 6.07) is 0. The molecule has 7 saturated carbocycles. The summed E-state index contributed by atoms with van der Waals surface area (Å²) in [5.74, 6) is 12.3. The van der Waals surface area contributed by atoms with E-state index in [0.29, 0.717) is 0 Å². The van der Waals surface area contributed by atoms with Gasteiger partial charge in [0.2, 0.25) is 0 Å². The standard InChI is InChI=1S/C19H22/c1-4-18-10-13-8-15-14(18)6-12-7-16(18)17(11(13)3)19(15,5-2)9-12/h1-2,11-17H,6-10H2,3H3. The fourth-order valence-electron chi connectivity index (χ4n) is 7.98. The van der Waals surface area contributed by atoms with Crippen LogP contribution in [0.15, 0.2) is 0 Å². The molecule has 0 aromatic rings. The van der Waals surface area contributed by atoms with Gasteiger partial charge in [0.15, 0.2) is 0 Å². The van der Waals surface area contributed by atoms with E-state index in [0.717, 1.165) is 41.4 Å². The lowest BCUT2D eigenvalue weighted by Gasteiger charge is -2.77. The Hall–Kier alpha value is -0.880. The lowest BCUT2D eigenvalue weighted by Crippen LogP contribution is -2.73. The SMILES string of the molecule is C#CC12CC3CC4C1CC1CC2C(C3C)C4(C#C)C1. The summed E-state index contributed by atoms with van der Waals surface area (Å²) in [7, 11) is 0. The Morgan fingerprint density at radius 2 is 1.58 bits per heavy atom. The van der Waals surface area contributed by atoms with Gasteiger partial charge in [0.05, 0.1) is 0 Å². The maximum Gasteiger partial charge on any atom is 0.0380 e. The van der Waals surface area contributed by atoms with Gasteiger partial charge in [0.1, 0.15) is 0 Å². The third kappa shape index (κ3) is 0.869. The molecule has 0 amide bonds. The highest BCUT2D eigenvalue weighted by Crippen LogP contribution is 2.80. The van der Waals surface area contributed by atoms with E-state index < -0.39 is 0 Å². The highest BCUT2D eigenvalue weighted by atomic mass is 14.8. The Bertz CT molecular complexity index is 545. The zero-order valence-electron chi connectivity index (χ0n) is 11.7. The van der Waals surface area contributed by atoms with Crippen LogP contribution in [-0.2, 0) is 0 Å². The zero-order chi connectivity index (χ0) is 13.0. The molecule has 98 valence electrons. The summed E-state index contributed by atoms with van der Waals surface area (Å²) < 4.78 is 0. The zero-order valence-corrected chi connectivity index (χ0v) is 11.7. The van der Waals surface area contributed by atoms with E-state index in [1.165, 1.54) is 32.1 Å². The molecule has 0 nitrogen and oxygen atoms in total. The van der Waals surface area contributed by atoms with Gasteiger partial charge in [-0.25, -0.2) is 0 Å². The molecule has 0 heteroatoms. The molecule has 0 aromatic carbocycles. The third-order valence-electron chi connectivity index (χ3n) is 8.30. The largest absolute Gasteiger partial charge is 0.119 e. The molecule has 7 aliphatic carbocycles. The molecule has 9 atom stereocenters. The lowest BCUT2D eigenvalue weighted by molar-refractivity contribution is -0.278. The van der Waals surface area contributed by atoms with Crippen molar-refractivity contribution in [2.75, 3.05) is 0 Å². The van der Waals surface area contributed by atoms with Crippen LogP contribution in [0.4, 0.5) is 0 Å². The van der Waals surface area contributed by atoms with Crippen LogP contribution in [0.5, 0.6) is 0 Å². The minimum Gasteiger partial charge on any atom is -0.119 e. The van der Waals surface area contributed by atoms with Crippen molar-refractivity contribution >= 4 is 0 Å². The van der Waals surface area contributed by atoms with Crippen LogP contribution < -0.4 is 0 Å². The molecule has 0 N–H and O–H groups in total. The maximum atomic E-state index is 6.12. The van der Waals surface area contributed by atoms with Crippen molar-refractivity contribution in [3.63, 3.8) is 0 Å². The smallest absolute Gasteiger partial charge is 0.0380 e. The molecule has 0 saturated heterocycles. The Balaban J connectivity index is 1.79. The summed E-state index contributed by atoms with van der Waals surface area (Å²) in [6.45, 7) is 2.48. The Labute approximate surface area is 116 Å². The fraction of sp³-hybridized carbons (Fsp3) is 0.789. The fourth-order valence-corrected chi connectivity index (χ4v) is 7.98. The number of terminal acetylenes is 2.